The minimum Gasteiger partial charge on any atom is -0.370 e. The van der Waals surface area contributed by atoms with E-state index in [1.165, 1.54) is 0 Å². The molecule has 3 N–H and O–H groups in total. The molecule has 0 fully saturated rings. The first-order valence-electron chi connectivity index (χ1n) is 4.68. The Balaban J connectivity index is 2.83. The second kappa shape index (κ2) is 4.42. The summed E-state index contributed by atoms with van der Waals surface area (Å²) in [6.45, 7) is 3.34. The Hall–Kier alpha value is -1.72. The first kappa shape index (κ1) is 12.4. The van der Waals surface area contributed by atoms with E-state index in [-0.39, 0.29) is 12.2 Å². The van der Waals surface area contributed by atoms with Gasteiger partial charge in [0.05, 0.1) is 6.20 Å². The van der Waals surface area contributed by atoms with Crippen molar-refractivity contribution in [2.45, 2.75) is 25.8 Å². The zero-order valence-corrected chi connectivity index (χ0v) is 9.05. The molecule has 1 heterocycles. The molecular weight excluding hydrogens is 216 g/mol. The van der Waals surface area contributed by atoms with E-state index in [0.29, 0.717) is 0 Å². The van der Waals surface area contributed by atoms with E-state index in [0.717, 1.165) is 12.3 Å². The Kier molecular flexibility index (Phi) is 3.41. The van der Waals surface area contributed by atoms with Crippen LogP contribution in [-0.2, 0) is 4.79 Å². The number of pyridine rings is 1. The minimum atomic E-state index is -0.808. The van der Waals surface area contributed by atoms with Crippen LogP contribution in [0.4, 0.5) is 14.6 Å². The van der Waals surface area contributed by atoms with Gasteiger partial charge in [0, 0.05) is 18.0 Å². The molecule has 0 saturated heterocycles. The lowest BCUT2D eigenvalue weighted by molar-refractivity contribution is -0.118. The van der Waals surface area contributed by atoms with Gasteiger partial charge in [0.1, 0.15) is 5.82 Å². The number of hydrogen-bond donors (Lipinski definition) is 2. The molecule has 0 atom stereocenters. The lowest BCUT2D eigenvalue weighted by atomic mass is 10.0. The van der Waals surface area contributed by atoms with Crippen molar-refractivity contribution in [1.82, 2.24) is 4.98 Å². The number of halogens is 2. The molecule has 0 aromatic carbocycles. The monoisotopic (exact) mass is 229 g/mol. The molecule has 1 aromatic heterocycles. The van der Waals surface area contributed by atoms with Gasteiger partial charge in [-0.05, 0) is 13.8 Å². The molecule has 1 rings (SSSR count). The molecule has 0 saturated carbocycles. The second-order valence-electron chi connectivity index (χ2n) is 4.14. The first-order chi connectivity index (χ1) is 7.30. The summed E-state index contributed by atoms with van der Waals surface area (Å²) < 4.78 is 25.8. The first-order valence-corrected chi connectivity index (χ1v) is 4.68. The number of aromatic nitrogens is 1. The second-order valence-corrected chi connectivity index (χ2v) is 4.14. The zero-order valence-electron chi connectivity index (χ0n) is 9.05. The molecular formula is C10H13F2N3O. The Morgan fingerprint density at radius 2 is 2.19 bits per heavy atom. The molecule has 4 nitrogen and oxygen atoms in total. The van der Waals surface area contributed by atoms with Crippen LogP contribution in [0.15, 0.2) is 12.3 Å². The average molecular weight is 229 g/mol. The topological polar surface area (TPSA) is 68.0 Å². The number of hydrogen-bond acceptors (Lipinski definition) is 3. The van der Waals surface area contributed by atoms with E-state index in [9.17, 15) is 13.6 Å². The maximum absolute atomic E-state index is 13.2. The standard InChI is InChI=1S/C10H13F2N3O/c1-10(2,4-8(13)16)15-9-7(12)3-6(11)5-14-9/h3,5H,4H2,1-2H3,(H2,13,16)(H,14,15). The summed E-state index contributed by atoms with van der Waals surface area (Å²) in [5, 5.41) is 2.69. The fraction of sp³-hybridized carbons (Fsp3) is 0.400. The maximum Gasteiger partial charge on any atom is 0.219 e. The molecule has 6 heteroatoms. The quantitative estimate of drug-likeness (QED) is 0.820. The SMILES string of the molecule is CC(C)(CC(N)=O)Nc1ncc(F)cc1F. The Morgan fingerprint density at radius 1 is 1.56 bits per heavy atom. The van der Waals surface area contributed by atoms with E-state index in [2.05, 4.69) is 10.3 Å². The molecule has 0 bridgehead atoms. The van der Waals surface area contributed by atoms with Crippen LogP contribution in [0, 0.1) is 11.6 Å². The van der Waals surface area contributed by atoms with Crippen LogP contribution in [0.25, 0.3) is 0 Å². The van der Waals surface area contributed by atoms with Crippen molar-refractivity contribution in [1.29, 1.82) is 0 Å². The van der Waals surface area contributed by atoms with Gasteiger partial charge in [-0.1, -0.05) is 0 Å². The third-order valence-electron chi connectivity index (χ3n) is 1.88. The highest BCUT2D eigenvalue weighted by molar-refractivity contribution is 5.75. The lowest BCUT2D eigenvalue weighted by Gasteiger charge is -2.25. The molecule has 0 aliphatic carbocycles. The highest BCUT2D eigenvalue weighted by Gasteiger charge is 2.22. The molecule has 88 valence electrons. The summed E-state index contributed by atoms with van der Waals surface area (Å²) in [4.78, 5) is 14.3. The predicted molar refractivity (Wildman–Crippen MR) is 55.7 cm³/mol. The van der Waals surface area contributed by atoms with Gasteiger partial charge in [-0.3, -0.25) is 4.79 Å². The fourth-order valence-electron chi connectivity index (χ4n) is 1.31. The summed E-state index contributed by atoms with van der Waals surface area (Å²) in [5.41, 5.74) is 4.30. The number of nitrogens with one attached hydrogen (secondary N) is 1. The molecule has 1 aromatic rings. The molecule has 1 amide bonds. The molecule has 16 heavy (non-hydrogen) atoms. The van der Waals surface area contributed by atoms with E-state index >= 15 is 0 Å². The van der Waals surface area contributed by atoms with E-state index in [1.54, 1.807) is 13.8 Å². The van der Waals surface area contributed by atoms with Crippen LogP contribution < -0.4 is 11.1 Å². The highest BCUT2D eigenvalue weighted by atomic mass is 19.1. The molecule has 0 spiro atoms. The van der Waals surface area contributed by atoms with Crippen LogP contribution in [0.5, 0.6) is 0 Å². The summed E-state index contributed by atoms with van der Waals surface area (Å²) in [6.07, 6.45) is 0.914. The van der Waals surface area contributed by atoms with Crippen molar-refractivity contribution in [3.63, 3.8) is 0 Å². The Labute approximate surface area is 91.9 Å². The average Bonchev–Trinajstić information content (AvgIpc) is 2.07. The van der Waals surface area contributed by atoms with Gasteiger partial charge < -0.3 is 11.1 Å². The third-order valence-corrected chi connectivity index (χ3v) is 1.88. The van der Waals surface area contributed by atoms with Crippen LogP contribution >= 0.6 is 0 Å². The number of amides is 1. The number of rotatable bonds is 4. The number of carbonyl (C=O) groups is 1. The van der Waals surface area contributed by atoms with Gasteiger partial charge in [-0.2, -0.15) is 0 Å². The maximum atomic E-state index is 13.2. The van der Waals surface area contributed by atoms with Gasteiger partial charge in [-0.15, -0.1) is 0 Å². The van der Waals surface area contributed by atoms with Crippen molar-refractivity contribution >= 4 is 11.7 Å². The van der Waals surface area contributed by atoms with E-state index < -0.39 is 23.1 Å². The summed E-state index contributed by atoms with van der Waals surface area (Å²) in [7, 11) is 0. The molecule has 0 aliphatic heterocycles. The largest absolute Gasteiger partial charge is 0.370 e. The fourth-order valence-corrected chi connectivity index (χ4v) is 1.31. The van der Waals surface area contributed by atoms with Crippen LogP contribution in [0.1, 0.15) is 20.3 Å². The van der Waals surface area contributed by atoms with Gasteiger partial charge in [-0.25, -0.2) is 13.8 Å². The van der Waals surface area contributed by atoms with Crippen molar-refractivity contribution in [3.05, 3.63) is 23.9 Å². The summed E-state index contributed by atoms with van der Waals surface area (Å²) >= 11 is 0. The van der Waals surface area contributed by atoms with Gasteiger partial charge >= 0.3 is 0 Å². The summed E-state index contributed by atoms with van der Waals surface area (Å²) in [6, 6.07) is 0.718. The number of anilines is 1. The van der Waals surface area contributed by atoms with Crippen LogP contribution in [0.3, 0.4) is 0 Å². The minimum absolute atomic E-state index is 0.0193. The Bertz CT molecular complexity index is 407. The molecule has 0 unspecified atom stereocenters. The molecule has 0 aliphatic rings. The number of carbonyl (C=O) groups excluding carboxylic acids is 1. The predicted octanol–water partition coefficient (Wildman–Crippen LogP) is 1.43. The van der Waals surface area contributed by atoms with Crippen molar-refractivity contribution < 1.29 is 13.6 Å². The summed E-state index contributed by atoms with van der Waals surface area (Å²) in [5.74, 6) is -2.18. The van der Waals surface area contributed by atoms with E-state index in [1.807, 2.05) is 0 Å². The van der Waals surface area contributed by atoms with Crippen LogP contribution in [0.2, 0.25) is 0 Å². The normalized spacial score (nSPS) is 11.2. The van der Waals surface area contributed by atoms with Crippen LogP contribution in [-0.4, -0.2) is 16.4 Å². The zero-order chi connectivity index (χ0) is 12.3. The van der Waals surface area contributed by atoms with Crippen molar-refractivity contribution in [3.8, 4) is 0 Å². The molecule has 0 radical (unpaired) electrons. The van der Waals surface area contributed by atoms with Crippen molar-refractivity contribution in [2.24, 2.45) is 5.73 Å². The van der Waals surface area contributed by atoms with Gasteiger partial charge in [0.2, 0.25) is 5.91 Å². The van der Waals surface area contributed by atoms with Gasteiger partial charge in [0.15, 0.2) is 11.6 Å². The smallest absolute Gasteiger partial charge is 0.219 e. The Morgan fingerprint density at radius 3 is 2.69 bits per heavy atom. The van der Waals surface area contributed by atoms with E-state index in [4.69, 9.17) is 5.73 Å². The van der Waals surface area contributed by atoms with Gasteiger partial charge in [0.25, 0.3) is 0 Å². The number of nitrogens with zero attached hydrogens (tertiary/aromatic N) is 1. The highest BCUT2D eigenvalue weighted by Crippen LogP contribution is 2.19. The van der Waals surface area contributed by atoms with Crippen molar-refractivity contribution in [2.75, 3.05) is 5.32 Å². The lowest BCUT2D eigenvalue weighted by Crippen LogP contribution is -2.36. The number of nitrogens with two attached hydrogens (primary N) is 1. The third kappa shape index (κ3) is 3.45. The number of primary amides is 1.